The van der Waals surface area contributed by atoms with Crippen molar-refractivity contribution in [1.82, 2.24) is 9.55 Å². The minimum atomic E-state index is -0.0701. The first-order valence-electron chi connectivity index (χ1n) is 6.21. The van der Waals surface area contributed by atoms with Crippen LogP contribution in [0.15, 0.2) is 30.6 Å². The monoisotopic (exact) mass is 293 g/mol. The van der Waals surface area contributed by atoms with Crippen LogP contribution in [0.3, 0.4) is 0 Å². The number of amides is 1. The summed E-state index contributed by atoms with van der Waals surface area (Å²) in [6.07, 6.45) is 3.95. The van der Waals surface area contributed by atoms with Gasteiger partial charge in [0.25, 0.3) is 0 Å². The van der Waals surface area contributed by atoms with Crippen LogP contribution in [-0.4, -0.2) is 22.6 Å². The predicted molar refractivity (Wildman–Crippen MR) is 78.2 cm³/mol. The molecule has 0 atom stereocenters. The average molecular weight is 294 g/mol. The molecule has 20 heavy (non-hydrogen) atoms. The maximum Gasteiger partial charge on any atom is 0.226 e. The van der Waals surface area contributed by atoms with Gasteiger partial charge < -0.3 is 14.6 Å². The number of methoxy groups -OCH3 is 1. The van der Waals surface area contributed by atoms with E-state index in [1.165, 1.54) is 0 Å². The summed E-state index contributed by atoms with van der Waals surface area (Å²) in [5.74, 6) is 1.41. The van der Waals surface area contributed by atoms with Crippen LogP contribution in [0.1, 0.15) is 12.2 Å². The molecule has 0 bridgehead atoms. The summed E-state index contributed by atoms with van der Waals surface area (Å²) in [4.78, 5) is 16.0. The van der Waals surface area contributed by atoms with Crippen molar-refractivity contribution in [2.75, 3.05) is 12.4 Å². The van der Waals surface area contributed by atoms with Gasteiger partial charge in [-0.2, -0.15) is 0 Å². The number of hydrogen-bond donors (Lipinski definition) is 1. The van der Waals surface area contributed by atoms with Gasteiger partial charge in [0.15, 0.2) is 0 Å². The van der Waals surface area contributed by atoms with Crippen LogP contribution in [0.25, 0.3) is 0 Å². The van der Waals surface area contributed by atoms with Crippen molar-refractivity contribution in [3.05, 3.63) is 41.4 Å². The topological polar surface area (TPSA) is 56.1 Å². The van der Waals surface area contributed by atoms with Crippen LogP contribution in [0.5, 0.6) is 5.75 Å². The number of ether oxygens (including phenoxy) is 1. The molecule has 0 aliphatic rings. The number of imidazole rings is 1. The highest BCUT2D eigenvalue weighted by Gasteiger charge is 2.06. The second-order valence-electron chi connectivity index (χ2n) is 4.32. The van der Waals surface area contributed by atoms with Gasteiger partial charge in [0, 0.05) is 31.0 Å². The molecule has 2 aromatic rings. The minimum absolute atomic E-state index is 0.0701. The maximum absolute atomic E-state index is 11.9. The molecule has 6 heteroatoms. The third kappa shape index (κ3) is 3.51. The molecular weight excluding hydrogens is 278 g/mol. The Hall–Kier alpha value is -2.01. The Morgan fingerprint density at radius 2 is 2.30 bits per heavy atom. The second kappa shape index (κ2) is 6.43. The predicted octanol–water partition coefficient (Wildman–Crippen LogP) is 2.88. The lowest BCUT2D eigenvalue weighted by atomic mass is 10.3. The van der Waals surface area contributed by atoms with Crippen molar-refractivity contribution < 1.29 is 9.53 Å². The van der Waals surface area contributed by atoms with Gasteiger partial charge in [-0.15, -0.1) is 0 Å². The van der Waals surface area contributed by atoms with E-state index in [0.717, 1.165) is 5.82 Å². The zero-order valence-electron chi connectivity index (χ0n) is 11.4. The second-order valence-corrected chi connectivity index (χ2v) is 4.72. The molecule has 1 amide bonds. The van der Waals surface area contributed by atoms with Crippen molar-refractivity contribution in [3.8, 4) is 5.75 Å². The van der Waals surface area contributed by atoms with E-state index < -0.39 is 0 Å². The zero-order valence-corrected chi connectivity index (χ0v) is 12.1. The Balaban J connectivity index is 1.91. The molecule has 0 saturated heterocycles. The Bertz CT molecular complexity index is 610. The molecule has 106 valence electrons. The number of rotatable bonds is 5. The molecule has 0 aliphatic heterocycles. The Labute approximate surface area is 122 Å². The van der Waals surface area contributed by atoms with E-state index >= 15 is 0 Å². The van der Waals surface area contributed by atoms with Gasteiger partial charge in [-0.3, -0.25) is 4.79 Å². The van der Waals surface area contributed by atoms with Crippen LogP contribution >= 0.6 is 11.6 Å². The fourth-order valence-electron chi connectivity index (χ4n) is 1.83. The van der Waals surface area contributed by atoms with E-state index in [0.29, 0.717) is 29.4 Å². The number of hydrogen-bond acceptors (Lipinski definition) is 3. The lowest BCUT2D eigenvalue weighted by Gasteiger charge is -2.09. The maximum atomic E-state index is 11.9. The van der Waals surface area contributed by atoms with Gasteiger partial charge in [0.2, 0.25) is 5.91 Å². The molecule has 0 spiro atoms. The molecule has 1 aromatic carbocycles. The largest absolute Gasteiger partial charge is 0.495 e. The highest BCUT2D eigenvalue weighted by atomic mass is 35.5. The number of halogens is 1. The van der Waals surface area contributed by atoms with Crippen molar-refractivity contribution >= 4 is 23.2 Å². The number of carbonyl (C=O) groups excluding carboxylic acids is 1. The molecule has 1 N–H and O–H groups in total. The van der Waals surface area contributed by atoms with E-state index in [9.17, 15) is 4.79 Å². The van der Waals surface area contributed by atoms with Gasteiger partial charge in [-0.05, 0) is 25.1 Å². The third-order valence-corrected chi connectivity index (χ3v) is 3.23. The summed E-state index contributed by atoms with van der Waals surface area (Å²) in [6, 6.07) is 5.14. The Morgan fingerprint density at radius 1 is 1.50 bits per heavy atom. The first-order valence-corrected chi connectivity index (χ1v) is 6.59. The SMILES string of the molecule is COc1ccc(NC(=O)CCn2ccnc2C)cc1Cl. The number of benzene rings is 1. The van der Waals surface area contributed by atoms with Crippen molar-refractivity contribution in [2.45, 2.75) is 19.9 Å². The molecular formula is C14H16ClN3O2. The molecule has 0 fully saturated rings. The first kappa shape index (κ1) is 14.4. The molecule has 0 radical (unpaired) electrons. The lowest BCUT2D eigenvalue weighted by molar-refractivity contribution is -0.116. The number of anilines is 1. The van der Waals surface area contributed by atoms with E-state index in [2.05, 4.69) is 10.3 Å². The minimum Gasteiger partial charge on any atom is -0.495 e. The fourth-order valence-corrected chi connectivity index (χ4v) is 2.09. The zero-order chi connectivity index (χ0) is 14.5. The van der Waals surface area contributed by atoms with Crippen LogP contribution in [0.2, 0.25) is 5.02 Å². The molecule has 5 nitrogen and oxygen atoms in total. The number of nitrogens with one attached hydrogen (secondary N) is 1. The van der Waals surface area contributed by atoms with Crippen LogP contribution < -0.4 is 10.1 Å². The summed E-state index contributed by atoms with van der Waals surface area (Å²) in [5, 5.41) is 3.27. The average Bonchev–Trinajstić information content (AvgIpc) is 2.82. The smallest absolute Gasteiger partial charge is 0.226 e. The van der Waals surface area contributed by atoms with Crippen molar-refractivity contribution in [2.24, 2.45) is 0 Å². The number of carbonyl (C=O) groups is 1. The van der Waals surface area contributed by atoms with Gasteiger partial charge in [0.05, 0.1) is 12.1 Å². The van der Waals surface area contributed by atoms with E-state index in [1.807, 2.05) is 17.7 Å². The van der Waals surface area contributed by atoms with Crippen molar-refractivity contribution in [3.63, 3.8) is 0 Å². The summed E-state index contributed by atoms with van der Waals surface area (Å²) < 4.78 is 6.99. The summed E-state index contributed by atoms with van der Waals surface area (Å²) in [7, 11) is 1.55. The summed E-state index contributed by atoms with van der Waals surface area (Å²) in [6.45, 7) is 2.50. The Morgan fingerprint density at radius 3 is 2.90 bits per heavy atom. The lowest BCUT2D eigenvalue weighted by Crippen LogP contribution is -2.14. The van der Waals surface area contributed by atoms with Gasteiger partial charge in [-0.1, -0.05) is 11.6 Å². The third-order valence-electron chi connectivity index (χ3n) is 2.94. The van der Waals surface area contributed by atoms with E-state index in [4.69, 9.17) is 16.3 Å². The molecule has 1 heterocycles. The molecule has 0 unspecified atom stereocenters. The van der Waals surface area contributed by atoms with Crippen LogP contribution in [-0.2, 0) is 11.3 Å². The number of aryl methyl sites for hydroxylation is 2. The standard InChI is InChI=1S/C14H16ClN3O2/c1-10-16-6-8-18(10)7-5-14(19)17-11-3-4-13(20-2)12(15)9-11/h3-4,6,8-9H,5,7H2,1-2H3,(H,17,19). The van der Waals surface area contributed by atoms with Gasteiger partial charge in [0.1, 0.15) is 11.6 Å². The van der Waals surface area contributed by atoms with Gasteiger partial charge >= 0.3 is 0 Å². The molecule has 0 aliphatic carbocycles. The summed E-state index contributed by atoms with van der Waals surface area (Å²) in [5.41, 5.74) is 0.656. The van der Waals surface area contributed by atoms with Crippen molar-refractivity contribution in [1.29, 1.82) is 0 Å². The molecule has 0 saturated carbocycles. The van der Waals surface area contributed by atoms with E-state index in [1.54, 1.807) is 31.5 Å². The highest BCUT2D eigenvalue weighted by molar-refractivity contribution is 6.32. The number of nitrogens with zero attached hydrogens (tertiary/aromatic N) is 2. The molecule has 1 aromatic heterocycles. The normalized spacial score (nSPS) is 10.3. The van der Waals surface area contributed by atoms with E-state index in [-0.39, 0.29) is 5.91 Å². The fraction of sp³-hybridized carbons (Fsp3) is 0.286. The summed E-state index contributed by atoms with van der Waals surface area (Å²) >= 11 is 6.00. The molecule has 2 rings (SSSR count). The number of aromatic nitrogens is 2. The quantitative estimate of drug-likeness (QED) is 0.922. The Kier molecular flexibility index (Phi) is 4.63. The van der Waals surface area contributed by atoms with Crippen LogP contribution in [0, 0.1) is 6.92 Å². The van der Waals surface area contributed by atoms with Gasteiger partial charge in [-0.25, -0.2) is 4.98 Å². The van der Waals surface area contributed by atoms with Crippen LogP contribution in [0.4, 0.5) is 5.69 Å². The highest BCUT2D eigenvalue weighted by Crippen LogP contribution is 2.27. The first-order chi connectivity index (χ1) is 9.60.